The van der Waals surface area contributed by atoms with E-state index >= 15 is 0 Å². The highest BCUT2D eigenvalue weighted by Gasteiger charge is 2.49. The number of likely N-dealkylation sites (tertiary alicyclic amines) is 1. The zero-order valence-corrected chi connectivity index (χ0v) is 15.1. The van der Waals surface area contributed by atoms with E-state index < -0.39 is 5.41 Å². The molecule has 1 aromatic heterocycles. The van der Waals surface area contributed by atoms with Crippen LogP contribution in [0.1, 0.15) is 37.6 Å². The Bertz CT molecular complexity index is 844. The molecule has 1 atom stereocenters. The van der Waals surface area contributed by atoms with E-state index in [1.807, 2.05) is 39.9 Å². The van der Waals surface area contributed by atoms with Crippen LogP contribution in [0.3, 0.4) is 0 Å². The van der Waals surface area contributed by atoms with Crippen molar-refractivity contribution in [1.29, 1.82) is 0 Å². The predicted octanol–water partition coefficient (Wildman–Crippen LogP) is 2.35. The average Bonchev–Trinajstić information content (AvgIpc) is 3.23. The van der Waals surface area contributed by atoms with E-state index in [1.165, 1.54) is 0 Å². The van der Waals surface area contributed by atoms with Gasteiger partial charge in [-0.15, -0.1) is 0 Å². The number of amides is 2. The number of aryl methyl sites for hydroxylation is 2. The third kappa shape index (κ3) is 2.69. The van der Waals surface area contributed by atoms with Gasteiger partial charge in [0.1, 0.15) is 5.82 Å². The van der Waals surface area contributed by atoms with Crippen molar-refractivity contribution < 1.29 is 9.59 Å². The lowest BCUT2D eigenvalue weighted by atomic mass is 9.75. The molecule has 0 saturated carbocycles. The van der Waals surface area contributed by atoms with Crippen LogP contribution in [0.15, 0.2) is 36.7 Å². The van der Waals surface area contributed by atoms with Crippen molar-refractivity contribution in [2.75, 3.05) is 18.4 Å². The van der Waals surface area contributed by atoms with Crippen molar-refractivity contribution in [2.45, 2.75) is 44.6 Å². The van der Waals surface area contributed by atoms with Crippen LogP contribution in [-0.4, -0.2) is 39.4 Å². The third-order valence-electron chi connectivity index (χ3n) is 5.66. The molecule has 2 aromatic rings. The maximum absolute atomic E-state index is 12.8. The Morgan fingerprint density at radius 2 is 2.19 bits per heavy atom. The standard InChI is InChI=1S/C20H24N4O2/c1-2-17-21-10-13-23(17)12-8-18(25)24-11-5-9-20(14-24)15-6-3-4-7-16(15)22-19(20)26/h3-4,6-7,10,13H,2,5,8-9,11-12,14H2,1H3,(H,22,26). The fourth-order valence-corrected chi connectivity index (χ4v) is 4.28. The first-order valence-electron chi connectivity index (χ1n) is 9.33. The normalized spacial score (nSPS) is 21.7. The molecule has 2 amide bonds. The van der Waals surface area contributed by atoms with E-state index in [0.29, 0.717) is 19.5 Å². The number of fused-ring (bicyclic) bond motifs is 2. The molecule has 2 aliphatic heterocycles. The van der Waals surface area contributed by atoms with Gasteiger partial charge < -0.3 is 14.8 Å². The number of carbonyl (C=O) groups is 2. The van der Waals surface area contributed by atoms with E-state index in [0.717, 1.165) is 42.9 Å². The second kappa shape index (κ2) is 6.59. The first-order valence-corrected chi connectivity index (χ1v) is 9.33. The van der Waals surface area contributed by atoms with Crippen LogP contribution in [-0.2, 0) is 28.0 Å². The van der Waals surface area contributed by atoms with Crippen molar-refractivity contribution in [3.63, 3.8) is 0 Å². The number of nitrogens with one attached hydrogen (secondary N) is 1. The Hall–Kier alpha value is -2.63. The molecule has 6 heteroatoms. The summed E-state index contributed by atoms with van der Waals surface area (Å²) in [6.07, 6.45) is 6.62. The number of carbonyl (C=O) groups excluding carboxylic acids is 2. The number of nitrogens with zero attached hydrogens (tertiary/aromatic N) is 3. The van der Waals surface area contributed by atoms with Crippen LogP contribution in [0, 0.1) is 0 Å². The van der Waals surface area contributed by atoms with Gasteiger partial charge in [-0.1, -0.05) is 25.1 Å². The highest BCUT2D eigenvalue weighted by molar-refractivity contribution is 6.06. The largest absolute Gasteiger partial charge is 0.341 e. The van der Waals surface area contributed by atoms with Crippen LogP contribution >= 0.6 is 0 Å². The molecule has 2 aliphatic rings. The lowest BCUT2D eigenvalue weighted by Gasteiger charge is -2.39. The minimum Gasteiger partial charge on any atom is -0.341 e. The molecular weight excluding hydrogens is 328 g/mol. The molecule has 0 aliphatic carbocycles. The summed E-state index contributed by atoms with van der Waals surface area (Å²) in [7, 11) is 0. The number of rotatable bonds is 4. The number of aromatic nitrogens is 2. The second-order valence-corrected chi connectivity index (χ2v) is 7.14. The van der Waals surface area contributed by atoms with Crippen LogP contribution in [0.25, 0.3) is 0 Å². The summed E-state index contributed by atoms with van der Waals surface area (Å²) < 4.78 is 2.04. The molecule has 26 heavy (non-hydrogen) atoms. The lowest BCUT2D eigenvalue weighted by Crippen LogP contribution is -2.52. The maximum atomic E-state index is 12.8. The van der Waals surface area contributed by atoms with Crippen LogP contribution in [0.5, 0.6) is 0 Å². The summed E-state index contributed by atoms with van der Waals surface area (Å²) in [6, 6.07) is 7.85. The summed E-state index contributed by atoms with van der Waals surface area (Å²) in [4.78, 5) is 31.7. The number of hydrogen-bond acceptors (Lipinski definition) is 3. The average molecular weight is 352 g/mol. The second-order valence-electron chi connectivity index (χ2n) is 7.14. The molecule has 3 heterocycles. The van der Waals surface area contributed by atoms with Crippen molar-refractivity contribution in [1.82, 2.24) is 14.5 Å². The molecule has 1 fully saturated rings. The highest BCUT2D eigenvalue weighted by atomic mass is 16.2. The molecule has 1 N–H and O–H groups in total. The van der Waals surface area contributed by atoms with Gasteiger partial charge in [0.05, 0.1) is 5.41 Å². The van der Waals surface area contributed by atoms with Gasteiger partial charge in [-0.05, 0) is 24.5 Å². The molecular formula is C20H24N4O2. The molecule has 4 rings (SSSR count). The smallest absolute Gasteiger partial charge is 0.236 e. The first kappa shape index (κ1) is 16.8. The van der Waals surface area contributed by atoms with Gasteiger partial charge in [0, 0.05) is 50.6 Å². The monoisotopic (exact) mass is 352 g/mol. The Labute approximate surface area is 153 Å². The first-order chi connectivity index (χ1) is 12.6. The summed E-state index contributed by atoms with van der Waals surface area (Å²) in [5, 5.41) is 3.00. The Balaban J connectivity index is 1.49. The molecule has 1 unspecified atom stereocenters. The minimum atomic E-state index is -0.589. The van der Waals surface area contributed by atoms with Crippen molar-refractivity contribution in [3.05, 3.63) is 48.0 Å². The Morgan fingerprint density at radius 3 is 3.04 bits per heavy atom. The van der Waals surface area contributed by atoms with Gasteiger partial charge in [0.2, 0.25) is 11.8 Å². The fourth-order valence-electron chi connectivity index (χ4n) is 4.28. The quantitative estimate of drug-likeness (QED) is 0.918. The van der Waals surface area contributed by atoms with E-state index in [9.17, 15) is 9.59 Å². The third-order valence-corrected chi connectivity index (χ3v) is 5.66. The topological polar surface area (TPSA) is 67.2 Å². The summed E-state index contributed by atoms with van der Waals surface area (Å²) in [5.41, 5.74) is 1.33. The van der Waals surface area contributed by atoms with Crippen LogP contribution < -0.4 is 5.32 Å². The van der Waals surface area contributed by atoms with Crippen molar-refractivity contribution in [2.24, 2.45) is 0 Å². The van der Waals surface area contributed by atoms with Gasteiger partial charge >= 0.3 is 0 Å². The Kier molecular flexibility index (Phi) is 4.26. The molecule has 136 valence electrons. The fraction of sp³-hybridized carbons (Fsp3) is 0.450. The number of benzene rings is 1. The zero-order valence-electron chi connectivity index (χ0n) is 15.1. The van der Waals surface area contributed by atoms with Crippen LogP contribution in [0.4, 0.5) is 5.69 Å². The van der Waals surface area contributed by atoms with Crippen molar-refractivity contribution >= 4 is 17.5 Å². The van der Waals surface area contributed by atoms with Gasteiger partial charge in [0.25, 0.3) is 0 Å². The van der Waals surface area contributed by atoms with E-state index in [2.05, 4.69) is 17.2 Å². The molecule has 0 bridgehead atoms. The Morgan fingerprint density at radius 1 is 1.35 bits per heavy atom. The van der Waals surface area contributed by atoms with E-state index in [4.69, 9.17) is 0 Å². The zero-order chi connectivity index (χ0) is 18.1. The molecule has 1 aromatic carbocycles. The minimum absolute atomic E-state index is 0.0269. The molecule has 1 saturated heterocycles. The van der Waals surface area contributed by atoms with Gasteiger partial charge in [-0.2, -0.15) is 0 Å². The number of piperidine rings is 1. The highest BCUT2D eigenvalue weighted by Crippen LogP contribution is 2.43. The molecule has 1 spiro atoms. The van der Waals surface area contributed by atoms with Gasteiger partial charge in [-0.3, -0.25) is 9.59 Å². The summed E-state index contributed by atoms with van der Waals surface area (Å²) >= 11 is 0. The van der Waals surface area contributed by atoms with Crippen molar-refractivity contribution in [3.8, 4) is 0 Å². The number of para-hydroxylation sites is 1. The lowest BCUT2D eigenvalue weighted by molar-refractivity contribution is -0.135. The van der Waals surface area contributed by atoms with Gasteiger partial charge in [0.15, 0.2) is 0 Å². The number of anilines is 1. The molecule has 0 radical (unpaired) electrons. The van der Waals surface area contributed by atoms with E-state index in [-0.39, 0.29) is 11.8 Å². The molecule has 6 nitrogen and oxygen atoms in total. The number of imidazole rings is 1. The maximum Gasteiger partial charge on any atom is 0.236 e. The van der Waals surface area contributed by atoms with E-state index in [1.54, 1.807) is 6.20 Å². The predicted molar refractivity (Wildman–Crippen MR) is 98.8 cm³/mol. The van der Waals surface area contributed by atoms with Crippen LogP contribution in [0.2, 0.25) is 0 Å². The van der Waals surface area contributed by atoms with Gasteiger partial charge in [-0.25, -0.2) is 4.98 Å². The summed E-state index contributed by atoms with van der Waals surface area (Å²) in [5.74, 6) is 1.13. The SMILES string of the molecule is CCc1nccn1CCC(=O)N1CCCC2(C1)C(=O)Nc1ccccc12. The number of hydrogen-bond donors (Lipinski definition) is 1. The summed E-state index contributed by atoms with van der Waals surface area (Å²) in [6.45, 7) is 3.89.